The molecule has 0 aromatic carbocycles. The molecular weight excluding hydrogens is 292 g/mol. The van der Waals surface area contributed by atoms with Gasteiger partial charge in [0.05, 0.1) is 18.4 Å². The van der Waals surface area contributed by atoms with E-state index in [0.29, 0.717) is 25.1 Å². The van der Waals surface area contributed by atoms with Gasteiger partial charge in [0.15, 0.2) is 0 Å². The van der Waals surface area contributed by atoms with Crippen LogP contribution in [0.2, 0.25) is 0 Å². The van der Waals surface area contributed by atoms with Gasteiger partial charge in [-0.1, -0.05) is 5.18 Å². The van der Waals surface area contributed by atoms with E-state index >= 15 is 0 Å². The van der Waals surface area contributed by atoms with Crippen LogP contribution in [-0.2, 0) is 14.7 Å². The molecule has 122 valence electrons. The molecule has 1 aliphatic carbocycles. The first-order valence-corrected chi connectivity index (χ1v) is 9.83. The normalized spacial score (nSPS) is 32.0. The first-order valence-electron chi connectivity index (χ1n) is 7.88. The van der Waals surface area contributed by atoms with Crippen LogP contribution in [0.5, 0.6) is 0 Å². The quantitative estimate of drug-likeness (QED) is 0.554. The van der Waals surface area contributed by atoms with Crippen LogP contribution in [-0.4, -0.2) is 50.7 Å². The van der Waals surface area contributed by atoms with Crippen molar-refractivity contribution in [3.05, 3.63) is 4.91 Å². The molecule has 0 bridgehead atoms. The molecule has 6 nitrogen and oxygen atoms in total. The van der Waals surface area contributed by atoms with Crippen molar-refractivity contribution in [2.75, 3.05) is 26.0 Å². The zero-order valence-electron chi connectivity index (χ0n) is 12.7. The molecule has 1 aliphatic heterocycles. The van der Waals surface area contributed by atoms with E-state index < -0.39 is 9.84 Å². The lowest BCUT2D eigenvalue weighted by molar-refractivity contribution is -0.225. The van der Waals surface area contributed by atoms with Gasteiger partial charge in [-0.05, 0) is 50.9 Å². The molecule has 1 atom stereocenters. The first kappa shape index (κ1) is 16.8. The molecule has 0 aromatic rings. The van der Waals surface area contributed by atoms with Crippen LogP contribution in [0.1, 0.15) is 44.9 Å². The van der Waals surface area contributed by atoms with Gasteiger partial charge in [0.2, 0.25) is 0 Å². The Hall–Kier alpha value is -0.530. The molecule has 2 fully saturated rings. The topological polar surface area (TPSA) is 76.0 Å². The minimum Gasteiger partial charge on any atom is -0.298 e. The molecule has 21 heavy (non-hydrogen) atoms. The number of nitrogens with zero attached hydrogens (tertiary/aromatic N) is 2. The van der Waals surface area contributed by atoms with Crippen molar-refractivity contribution >= 4 is 9.84 Å². The molecule has 0 radical (unpaired) electrons. The smallest absolute Gasteiger partial charge is 0.150 e. The second-order valence-electron chi connectivity index (χ2n) is 6.35. The van der Waals surface area contributed by atoms with Crippen molar-refractivity contribution in [3.8, 4) is 0 Å². The molecule has 1 heterocycles. The summed E-state index contributed by atoms with van der Waals surface area (Å²) in [6.45, 7) is 2.02. The Morgan fingerprint density at radius 3 is 2.43 bits per heavy atom. The maximum Gasteiger partial charge on any atom is 0.150 e. The molecule has 1 saturated heterocycles. The Morgan fingerprint density at radius 1 is 1.19 bits per heavy atom. The summed E-state index contributed by atoms with van der Waals surface area (Å²) in [7, 11) is -2.90. The maximum absolute atomic E-state index is 11.6. The fourth-order valence-electron chi connectivity index (χ4n) is 3.38. The summed E-state index contributed by atoms with van der Waals surface area (Å²) in [5.74, 6) is 0.523. The van der Waals surface area contributed by atoms with Gasteiger partial charge in [0.25, 0.3) is 0 Å². The van der Waals surface area contributed by atoms with Gasteiger partial charge < -0.3 is 0 Å². The lowest BCUT2D eigenvalue weighted by atomic mass is 9.93. The third-order valence-corrected chi connectivity index (χ3v) is 6.43. The van der Waals surface area contributed by atoms with Crippen LogP contribution >= 0.6 is 0 Å². The summed E-state index contributed by atoms with van der Waals surface area (Å²) in [5, 5.41) is 4.78. The standard InChI is InChI=1S/C14H26N2O4S/c1-21(18,19)14-6-4-13(5-7-14)16-10-8-12(11-20-16)3-2-9-15-17/h12-14H,2-11H2,1H3. The van der Waals surface area contributed by atoms with E-state index in [4.69, 9.17) is 4.84 Å². The predicted octanol–water partition coefficient (Wildman–Crippen LogP) is 2.14. The Morgan fingerprint density at radius 2 is 1.90 bits per heavy atom. The Balaban J connectivity index is 1.70. The largest absolute Gasteiger partial charge is 0.298 e. The van der Waals surface area contributed by atoms with E-state index in [1.807, 2.05) is 0 Å². The highest BCUT2D eigenvalue weighted by atomic mass is 32.2. The van der Waals surface area contributed by atoms with Gasteiger partial charge in [-0.3, -0.25) is 4.84 Å². The molecular formula is C14H26N2O4S. The Labute approximate surface area is 127 Å². The van der Waals surface area contributed by atoms with E-state index in [-0.39, 0.29) is 5.25 Å². The highest BCUT2D eigenvalue weighted by Gasteiger charge is 2.33. The molecule has 2 rings (SSSR count). The van der Waals surface area contributed by atoms with Crippen LogP contribution in [0.25, 0.3) is 0 Å². The fourth-order valence-corrected chi connectivity index (χ4v) is 4.51. The van der Waals surface area contributed by atoms with Gasteiger partial charge >= 0.3 is 0 Å². The average Bonchev–Trinajstić information content (AvgIpc) is 2.48. The van der Waals surface area contributed by atoms with Crippen LogP contribution in [0.4, 0.5) is 0 Å². The summed E-state index contributed by atoms with van der Waals surface area (Å²) in [4.78, 5) is 15.9. The fraction of sp³-hybridized carbons (Fsp3) is 1.00. The van der Waals surface area contributed by atoms with Crippen LogP contribution in [0.15, 0.2) is 5.18 Å². The molecule has 0 spiro atoms. The zero-order chi connectivity index (χ0) is 15.3. The van der Waals surface area contributed by atoms with E-state index in [2.05, 4.69) is 10.2 Å². The Bertz CT molecular complexity index is 424. The SMILES string of the molecule is CS(=O)(=O)C1CCC(N2CCC(CCCN=O)CO2)CC1. The lowest BCUT2D eigenvalue weighted by Crippen LogP contribution is -2.44. The van der Waals surface area contributed by atoms with Crippen molar-refractivity contribution in [2.45, 2.75) is 56.2 Å². The monoisotopic (exact) mass is 318 g/mol. The van der Waals surface area contributed by atoms with Crippen LogP contribution in [0.3, 0.4) is 0 Å². The molecule has 1 saturated carbocycles. The van der Waals surface area contributed by atoms with E-state index in [0.717, 1.165) is 51.5 Å². The summed E-state index contributed by atoms with van der Waals surface area (Å²) in [6, 6.07) is 0.362. The number of sulfone groups is 1. The first-order chi connectivity index (χ1) is 10.0. The number of hydrogen-bond acceptors (Lipinski definition) is 6. The zero-order valence-corrected chi connectivity index (χ0v) is 13.6. The van der Waals surface area contributed by atoms with Gasteiger partial charge in [-0.25, -0.2) is 8.42 Å². The van der Waals surface area contributed by atoms with E-state index in [9.17, 15) is 13.3 Å². The van der Waals surface area contributed by atoms with Gasteiger partial charge in [-0.2, -0.15) is 9.97 Å². The predicted molar refractivity (Wildman–Crippen MR) is 81.5 cm³/mol. The molecule has 2 aliphatic rings. The number of nitroso groups, excluding NO2 is 1. The van der Waals surface area contributed by atoms with Crippen molar-refractivity contribution in [1.29, 1.82) is 0 Å². The summed E-state index contributed by atoms with van der Waals surface area (Å²) >= 11 is 0. The Kier molecular flexibility index (Phi) is 6.13. The number of hydrogen-bond donors (Lipinski definition) is 0. The molecule has 7 heteroatoms. The molecule has 1 unspecified atom stereocenters. The molecule has 0 aromatic heterocycles. The third kappa shape index (κ3) is 5.00. The van der Waals surface area contributed by atoms with Crippen molar-refractivity contribution < 1.29 is 13.3 Å². The van der Waals surface area contributed by atoms with Crippen molar-refractivity contribution in [2.24, 2.45) is 11.1 Å². The number of rotatable bonds is 6. The summed E-state index contributed by atoms with van der Waals surface area (Å²) in [5.41, 5.74) is 0. The van der Waals surface area contributed by atoms with E-state index in [1.165, 1.54) is 6.26 Å². The van der Waals surface area contributed by atoms with Gasteiger partial charge in [-0.15, -0.1) is 0 Å². The van der Waals surface area contributed by atoms with Crippen molar-refractivity contribution in [3.63, 3.8) is 0 Å². The second kappa shape index (κ2) is 7.65. The van der Waals surface area contributed by atoms with Crippen LogP contribution < -0.4 is 0 Å². The summed E-state index contributed by atoms with van der Waals surface area (Å²) < 4.78 is 23.1. The maximum atomic E-state index is 11.6. The second-order valence-corrected chi connectivity index (χ2v) is 8.67. The van der Waals surface area contributed by atoms with Gasteiger partial charge in [0, 0.05) is 18.8 Å². The molecule has 0 amide bonds. The lowest BCUT2D eigenvalue weighted by Gasteiger charge is -2.39. The summed E-state index contributed by atoms with van der Waals surface area (Å²) in [6.07, 6.45) is 7.57. The average molecular weight is 318 g/mol. The number of hydroxylamine groups is 2. The van der Waals surface area contributed by atoms with E-state index in [1.54, 1.807) is 0 Å². The van der Waals surface area contributed by atoms with Gasteiger partial charge in [0.1, 0.15) is 9.84 Å². The minimum atomic E-state index is -2.90. The highest BCUT2D eigenvalue weighted by molar-refractivity contribution is 7.91. The van der Waals surface area contributed by atoms with Crippen molar-refractivity contribution in [1.82, 2.24) is 5.06 Å². The third-order valence-electron chi connectivity index (χ3n) is 4.75. The van der Waals surface area contributed by atoms with Crippen LogP contribution in [0, 0.1) is 10.8 Å². The molecule has 0 N–H and O–H groups in total. The highest BCUT2D eigenvalue weighted by Crippen LogP contribution is 2.30. The minimum absolute atomic E-state index is 0.165.